The number of piperidine rings is 1. The number of carbonyl (C=O) groups is 2. The Morgan fingerprint density at radius 3 is 2.69 bits per heavy atom. The van der Waals surface area contributed by atoms with Crippen LogP contribution in [0, 0.1) is 5.92 Å². The molecule has 1 fully saturated rings. The van der Waals surface area contributed by atoms with Gasteiger partial charge in [0.05, 0.1) is 6.04 Å². The normalized spacial score (nSPS) is 18.3. The number of carbonyl (C=O) groups excluding carboxylic acids is 2. The van der Waals surface area contributed by atoms with Gasteiger partial charge in [0, 0.05) is 36.6 Å². The van der Waals surface area contributed by atoms with Gasteiger partial charge in [0.25, 0.3) is 0 Å². The van der Waals surface area contributed by atoms with E-state index in [0.717, 1.165) is 42.3 Å². The highest BCUT2D eigenvalue weighted by molar-refractivity contribution is 5.91. The summed E-state index contributed by atoms with van der Waals surface area (Å²) >= 11 is 0. The smallest absolute Gasteiger partial charge is 0.245 e. The molecule has 6 nitrogen and oxygen atoms in total. The Balaban J connectivity index is 1.50. The van der Waals surface area contributed by atoms with Crippen LogP contribution >= 0.6 is 0 Å². The molecule has 168 valence electrons. The molecule has 1 aliphatic rings. The number of hydrogen-bond acceptors (Lipinski definition) is 3. The number of aromatic nitrogens is 1. The summed E-state index contributed by atoms with van der Waals surface area (Å²) in [6.45, 7) is 3.08. The van der Waals surface area contributed by atoms with Gasteiger partial charge in [-0.3, -0.25) is 9.59 Å². The zero-order valence-electron chi connectivity index (χ0n) is 18.6. The number of likely N-dealkylation sites (tertiary alicyclic amines) is 1. The number of fused-ring (bicyclic) bond motifs is 1. The highest BCUT2D eigenvalue weighted by Crippen LogP contribution is 2.23. The van der Waals surface area contributed by atoms with E-state index in [1.807, 2.05) is 41.4 Å². The van der Waals surface area contributed by atoms with Gasteiger partial charge < -0.3 is 20.9 Å². The van der Waals surface area contributed by atoms with Crippen molar-refractivity contribution in [3.63, 3.8) is 0 Å². The van der Waals surface area contributed by atoms with Crippen LogP contribution in [0.15, 0.2) is 60.8 Å². The maximum absolute atomic E-state index is 13.6. The van der Waals surface area contributed by atoms with Crippen molar-refractivity contribution in [2.24, 2.45) is 11.7 Å². The topological polar surface area (TPSA) is 91.2 Å². The van der Waals surface area contributed by atoms with Crippen molar-refractivity contribution < 1.29 is 9.59 Å². The lowest BCUT2D eigenvalue weighted by molar-refractivity contribution is -0.138. The summed E-state index contributed by atoms with van der Waals surface area (Å²) in [6, 6.07) is 17.1. The molecule has 32 heavy (non-hydrogen) atoms. The molecule has 1 aromatic heterocycles. The summed E-state index contributed by atoms with van der Waals surface area (Å²) in [5, 5.41) is 3.98. The number of nitrogens with two attached hydrogens (primary N) is 1. The lowest BCUT2D eigenvalue weighted by Crippen LogP contribution is -2.54. The standard InChI is InChI=1S/C26H32N4O2/c1-18(27)25(31)29-24(15-21-16-28-23-12-6-5-11-22(21)23)26(32)30-13-7-10-20(17-30)14-19-8-3-2-4-9-19/h2-6,8-9,11-12,16,18,20,24,28H,7,10,13-15,17,27H2,1H3,(H,29,31)/t18?,20-,24+/m0/s1. The number of para-hydroxylation sites is 1. The van der Waals surface area contributed by atoms with Crippen molar-refractivity contribution in [1.82, 2.24) is 15.2 Å². The van der Waals surface area contributed by atoms with Crippen LogP contribution in [-0.2, 0) is 22.4 Å². The third-order valence-corrected chi connectivity index (χ3v) is 6.32. The number of nitrogens with zero attached hydrogens (tertiary/aromatic N) is 1. The molecule has 3 aromatic rings. The molecule has 0 spiro atoms. The van der Waals surface area contributed by atoms with Gasteiger partial charge in [-0.05, 0) is 49.3 Å². The van der Waals surface area contributed by atoms with Crippen LogP contribution < -0.4 is 11.1 Å². The Morgan fingerprint density at radius 2 is 1.91 bits per heavy atom. The van der Waals surface area contributed by atoms with Crippen LogP contribution in [0.25, 0.3) is 10.9 Å². The van der Waals surface area contributed by atoms with E-state index in [1.165, 1.54) is 5.56 Å². The van der Waals surface area contributed by atoms with Gasteiger partial charge in [-0.15, -0.1) is 0 Å². The van der Waals surface area contributed by atoms with Crippen LogP contribution in [0.3, 0.4) is 0 Å². The predicted octanol–water partition coefficient (Wildman–Crippen LogP) is 3.02. The first-order valence-electron chi connectivity index (χ1n) is 11.4. The van der Waals surface area contributed by atoms with E-state index in [-0.39, 0.29) is 11.8 Å². The van der Waals surface area contributed by atoms with Gasteiger partial charge in [0.2, 0.25) is 11.8 Å². The Hall–Kier alpha value is -3.12. The maximum atomic E-state index is 13.6. The lowest BCUT2D eigenvalue weighted by Gasteiger charge is -2.35. The monoisotopic (exact) mass is 432 g/mol. The minimum absolute atomic E-state index is 0.0259. The molecule has 1 unspecified atom stereocenters. The van der Waals surface area contributed by atoms with Crippen molar-refractivity contribution in [3.05, 3.63) is 71.9 Å². The van der Waals surface area contributed by atoms with E-state index in [9.17, 15) is 9.59 Å². The lowest BCUT2D eigenvalue weighted by atomic mass is 9.90. The Bertz CT molecular complexity index is 1060. The van der Waals surface area contributed by atoms with Crippen molar-refractivity contribution in [2.75, 3.05) is 13.1 Å². The SMILES string of the molecule is CC(N)C(=O)N[C@H](Cc1c[nH]c2ccccc12)C(=O)N1CCC[C@@H](Cc2ccccc2)C1. The van der Waals surface area contributed by atoms with E-state index < -0.39 is 12.1 Å². The Kier molecular flexibility index (Phi) is 6.90. The second-order valence-electron chi connectivity index (χ2n) is 8.90. The summed E-state index contributed by atoms with van der Waals surface area (Å²) in [4.78, 5) is 31.2. The number of amides is 2. The highest BCUT2D eigenvalue weighted by atomic mass is 16.2. The average Bonchev–Trinajstić information content (AvgIpc) is 3.22. The molecule has 0 bridgehead atoms. The van der Waals surface area contributed by atoms with Gasteiger partial charge >= 0.3 is 0 Å². The van der Waals surface area contributed by atoms with E-state index in [4.69, 9.17) is 5.73 Å². The summed E-state index contributed by atoms with van der Waals surface area (Å²) in [5.74, 6) is 0.0936. The molecule has 0 aliphatic carbocycles. The number of rotatable bonds is 7. The fraction of sp³-hybridized carbons (Fsp3) is 0.385. The molecule has 2 aromatic carbocycles. The Morgan fingerprint density at radius 1 is 1.16 bits per heavy atom. The number of nitrogens with one attached hydrogen (secondary N) is 2. The first-order chi connectivity index (χ1) is 15.5. The summed E-state index contributed by atoms with van der Waals surface area (Å²) in [6.07, 6.45) is 5.41. The predicted molar refractivity (Wildman–Crippen MR) is 127 cm³/mol. The van der Waals surface area contributed by atoms with Gasteiger partial charge in [0.15, 0.2) is 0 Å². The summed E-state index contributed by atoms with van der Waals surface area (Å²) < 4.78 is 0. The third kappa shape index (κ3) is 5.19. The van der Waals surface area contributed by atoms with Crippen LogP contribution in [0.4, 0.5) is 0 Å². The van der Waals surface area contributed by atoms with Gasteiger partial charge in [0.1, 0.15) is 6.04 Å². The second kappa shape index (κ2) is 10.0. The number of aromatic amines is 1. The molecule has 3 atom stereocenters. The number of benzene rings is 2. The third-order valence-electron chi connectivity index (χ3n) is 6.32. The van der Waals surface area contributed by atoms with E-state index in [1.54, 1.807) is 6.92 Å². The summed E-state index contributed by atoms with van der Waals surface area (Å²) in [7, 11) is 0. The number of H-pyrrole nitrogens is 1. The van der Waals surface area contributed by atoms with Crippen LogP contribution in [-0.4, -0.2) is 46.9 Å². The molecule has 0 saturated carbocycles. The molecule has 2 heterocycles. The van der Waals surface area contributed by atoms with E-state index in [2.05, 4.69) is 34.6 Å². The Labute approximate surface area is 189 Å². The van der Waals surface area contributed by atoms with Gasteiger partial charge in [-0.2, -0.15) is 0 Å². The molecule has 1 aliphatic heterocycles. The average molecular weight is 433 g/mol. The molecule has 6 heteroatoms. The quantitative estimate of drug-likeness (QED) is 0.536. The number of hydrogen-bond donors (Lipinski definition) is 3. The van der Waals surface area contributed by atoms with E-state index >= 15 is 0 Å². The molecule has 4 rings (SSSR count). The van der Waals surface area contributed by atoms with Crippen LogP contribution in [0.2, 0.25) is 0 Å². The molecular weight excluding hydrogens is 400 g/mol. The van der Waals surface area contributed by atoms with Crippen molar-refractivity contribution in [2.45, 2.75) is 44.7 Å². The highest BCUT2D eigenvalue weighted by Gasteiger charge is 2.31. The molecule has 4 N–H and O–H groups in total. The van der Waals surface area contributed by atoms with Crippen LogP contribution in [0.5, 0.6) is 0 Å². The van der Waals surface area contributed by atoms with Gasteiger partial charge in [-0.1, -0.05) is 48.5 Å². The van der Waals surface area contributed by atoms with Gasteiger partial charge in [-0.25, -0.2) is 0 Å². The zero-order chi connectivity index (χ0) is 22.5. The zero-order valence-corrected chi connectivity index (χ0v) is 18.6. The molecule has 0 radical (unpaired) electrons. The second-order valence-corrected chi connectivity index (χ2v) is 8.90. The van der Waals surface area contributed by atoms with E-state index in [0.29, 0.717) is 18.9 Å². The van der Waals surface area contributed by atoms with Crippen molar-refractivity contribution in [3.8, 4) is 0 Å². The molecule has 2 amide bonds. The minimum atomic E-state index is -0.666. The fourth-order valence-corrected chi connectivity index (χ4v) is 4.62. The summed E-state index contributed by atoms with van der Waals surface area (Å²) in [5.41, 5.74) is 9.13. The first kappa shape index (κ1) is 22.1. The fourth-order valence-electron chi connectivity index (χ4n) is 4.62. The molecule has 1 saturated heterocycles. The van der Waals surface area contributed by atoms with Crippen molar-refractivity contribution in [1.29, 1.82) is 0 Å². The van der Waals surface area contributed by atoms with Crippen molar-refractivity contribution >= 4 is 22.7 Å². The minimum Gasteiger partial charge on any atom is -0.361 e. The largest absolute Gasteiger partial charge is 0.361 e. The molecular formula is C26H32N4O2. The maximum Gasteiger partial charge on any atom is 0.245 e. The first-order valence-corrected chi connectivity index (χ1v) is 11.4. The van der Waals surface area contributed by atoms with Crippen LogP contribution in [0.1, 0.15) is 30.9 Å².